The monoisotopic (exact) mass is 686 g/mol. The molecule has 3 aromatic carbocycles. The van der Waals surface area contributed by atoms with Crippen LogP contribution in [0.1, 0.15) is 109 Å². The van der Waals surface area contributed by atoms with Gasteiger partial charge in [-0.15, -0.1) is 0 Å². The number of hydrogen-bond acceptors (Lipinski definition) is 10. The zero-order valence-corrected chi connectivity index (χ0v) is 32.2. The zero-order chi connectivity index (χ0) is 32.1. The van der Waals surface area contributed by atoms with Crippen molar-refractivity contribution in [3.05, 3.63) is 76.3 Å². The number of nitrogen functional groups attached to an aromatic ring is 1. The second-order valence-corrected chi connectivity index (χ2v) is 13.8. The second-order valence-electron chi connectivity index (χ2n) is 11.1. The van der Waals surface area contributed by atoms with Gasteiger partial charge in [-0.2, -0.15) is 0 Å². The molecule has 0 radical (unpaired) electrons. The van der Waals surface area contributed by atoms with Crippen molar-refractivity contribution in [2.24, 2.45) is 0 Å². The maximum Gasteiger partial charge on any atom is 1.00 e. The SMILES string of the molecule is CCCCCCCCCCCCc1ccc(Nc2cc(S(=O)(=O)[O-])c(N)c3c2C(=O)c2ccccc2C3=O)c(S(=O)(=O)[O-])c1.[Na+].[Na+]. The first-order valence-corrected chi connectivity index (χ1v) is 17.6. The van der Waals surface area contributed by atoms with Gasteiger partial charge in [-0.3, -0.25) is 9.59 Å². The molecule has 0 saturated heterocycles. The summed E-state index contributed by atoms with van der Waals surface area (Å²) in [6.07, 6.45) is 11.9. The molecule has 0 spiro atoms. The summed E-state index contributed by atoms with van der Waals surface area (Å²) in [5.41, 5.74) is 4.49. The Kier molecular flexibility index (Phi) is 15.6. The van der Waals surface area contributed by atoms with Gasteiger partial charge < -0.3 is 20.2 Å². The van der Waals surface area contributed by atoms with Crippen molar-refractivity contribution in [1.29, 1.82) is 0 Å². The Morgan fingerprint density at radius 2 is 1.15 bits per heavy atom. The number of anilines is 3. The van der Waals surface area contributed by atoms with Gasteiger partial charge in [-0.25, -0.2) is 16.8 Å². The molecule has 0 aromatic heterocycles. The Balaban J connectivity index is 0.00000368. The van der Waals surface area contributed by atoms with Gasteiger partial charge in [0.05, 0.1) is 38.0 Å². The standard InChI is InChI=1S/C32H38N2O8S2.2Na/c1-2-3-4-5-6-7-8-9-10-11-14-21-17-18-24(26(19-21)43(37,38)39)34-25-20-27(44(40,41)42)30(33)29-28(25)31(35)22-15-12-13-16-23(22)32(29)36;;/h12-13,15-20,34H,2-11,14,33H2,1H3,(H,37,38,39)(H,40,41,42);;/q;2*+1/p-2. The molecule has 3 aromatic rings. The van der Waals surface area contributed by atoms with E-state index in [1.165, 1.54) is 74.9 Å². The first kappa shape index (κ1) is 40.6. The van der Waals surface area contributed by atoms with Crippen LogP contribution < -0.4 is 70.2 Å². The van der Waals surface area contributed by atoms with E-state index in [0.29, 0.717) is 12.0 Å². The summed E-state index contributed by atoms with van der Waals surface area (Å²) in [6.45, 7) is 2.19. The van der Waals surface area contributed by atoms with Crippen LogP contribution in [0.2, 0.25) is 0 Å². The molecule has 1 aliphatic carbocycles. The molecule has 3 N–H and O–H groups in total. The van der Waals surface area contributed by atoms with E-state index in [-0.39, 0.29) is 87.2 Å². The molecule has 46 heavy (non-hydrogen) atoms. The molecule has 236 valence electrons. The number of fused-ring (bicyclic) bond motifs is 2. The summed E-state index contributed by atoms with van der Waals surface area (Å²) < 4.78 is 73.2. The number of nitrogens with one attached hydrogen (secondary N) is 1. The van der Waals surface area contributed by atoms with E-state index in [1.807, 2.05) is 0 Å². The first-order chi connectivity index (χ1) is 20.8. The van der Waals surface area contributed by atoms with Gasteiger partial charge >= 0.3 is 59.1 Å². The Hall–Kier alpha value is -1.58. The molecule has 0 heterocycles. The minimum absolute atomic E-state index is 0. The molecule has 1 aliphatic rings. The second kappa shape index (κ2) is 17.7. The van der Waals surface area contributed by atoms with E-state index >= 15 is 0 Å². The fourth-order valence-corrected chi connectivity index (χ4v) is 6.91. The maximum absolute atomic E-state index is 13.5. The molecular formula is C32H36N2Na2O8S2. The third-order valence-electron chi connectivity index (χ3n) is 7.87. The fraction of sp³-hybridized carbons (Fsp3) is 0.375. The first-order valence-electron chi connectivity index (χ1n) is 14.8. The van der Waals surface area contributed by atoms with Crippen LogP contribution >= 0.6 is 0 Å². The third kappa shape index (κ3) is 9.74. The van der Waals surface area contributed by atoms with Crippen molar-refractivity contribution in [2.45, 2.75) is 87.3 Å². The normalized spacial score (nSPS) is 12.5. The molecular weight excluding hydrogens is 650 g/mol. The Labute approximate surface area is 315 Å². The van der Waals surface area contributed by atoms with Gasteiger partial charge in [-0.1, -0.05) is 95.0 Å². The largest absolute Gasteiger partial charge is 1.00 e. The quantitative estimate of drug-likeness (QED) is 0.0750. The fourth-order valence-electron chi connectivity index (χ4n) is 5.59. The number of aryl methyl sites for hydroxylation is 1. The van der Waals surface area contributed by atoms with Crippen molar-refractivity contribution in [3.8, 4) is 0 Å². The zero-order valence-electron chi connectivity index (χ0n) is 26.6. The van der Waals surface area contributed by atoms with Crippen molar-refractivity contribution in [3.63, 3.8) is 0 Å². The van der Waals surface area contributed by atoms with Gasteiger partial charge in [0, 0.05) is 11.1 Å². The number of nitrogens with two attached hydrogens (primary N) is 1. The number of carbonyl (C=O) groups is 2. The molecule has 0 atom stereocenters. The van der Waals surface area contributed by atoms with Crippen molar-refractivity contribution >= 4 is 48.9 Å². The minimum atomic E-state index is -5.23. The maximum atomic E-state index is 13.5. The van der Waals surface area contributed by atoms with E-state index < -0.39 is 52.8 Å². The summed E-state index contributed by atoms with van der Waals surface area (Å²) in [5.74, 6) is -1.46. The van der Waals surface area contributed by atoms with Gasteiger partial charge in [0.2, 0.25) is 0 Å². The van der Waals surface area contributed by atoms with E-state index in [2.05, 4.69) is 12.2 Å². The van der Waals surface area contributed by atoms with Crippen molar-refractivity contribution in [2.75, 3.05) is 11.1 Å². The van der Waals surface area contributed by atoms with Gasteiger partial charge in [0.15, 0.2) is 11.6 Å². The average Bonchev–Trinajstić information content (AvgIpc) is 2.97. The Morgan fingerprint density at radius 1 is 0.652 bits per heavy atom. The van der Waals surface area contributed by atoms with Crippen LogP contribution in [0.25, 0.3) is 0 Å². The smallest absolute Gasteiger partial charge is 0.744 e. The Bertz CT molecular complexity index is 1800. The summed E-state index contributed by atoms with van der Waals surface area (Å²) in [4.78, 5) is 25.3. The van der Waals surface area contributed by atoms with E-state index in [4.69, 9.17) is 5.73 Å². The van der Waals surface area contributed by atoms with Crippen LogP contribution in [0.4, 0.5) is 17.1 Å². The van der Waals surface area contributed by atoms with Crippen LogP contribution in [-0.2, 0) is 26.7 Å². The number of hydrogen-bond donors (Lipinski definition) is 2. The van der Waals surface area contributed by atoms with Gasteiger partial charge in [-0.05, 0) is 36.6 Å². The van der Waals surface area contributed by atoms with Crippen molar-refractivity contribution in [1.82, 2.24) is 0 Å². The number of benzene rings is 3. The topological polar surface area (TPSA) is 187 Å². The summed E-state index contributed by atoms with van der Waals surface area (Å²) >= 11 is 0. The van der Waals surface area contributed by atoms with Crippen molar-refractivity contribution < 1.29 is 94.6 Å². The molecule has 4 rings (SSSR count). The minimum Gasteiger partial charge on any atom is -0.744 e. The van der Waals surface area contributed by atoms with Crippen LogP contribution in [0, 0.1) is 0 Å². The average molecular weight is 687 g/mol. The molecule has 0 unspecified atom stereocenters. The molecule has 0 saturated carbocycles. The van der Waals surface area contributed by atoms with Crippen LogP contribution in [0.15, 0.2) is 58.3 Å². The molecule has 0 bridgehead atoms. The third-order valence-corrected chi connectivity index (χ3v) is 9.63. The number of unbranched alkanes of at least 4 members (excludes halogenated alkanes) is 9. The predicted molar refractivity (Wildman–Crippen MR) is 165 cm³/mol. The summed E-state index contributed by atoms with van der Waals surface area (Å²) in [5, 5.41) is 2.65. The predicted octanol–water partition coefficient (Wildman–Crippen LogP) is 0.0674. The summed E-state index contributed by atoms with van der Waals surface area (Å²) in [7, 11) is -10.3. The number of rotatable bonds is 15. The van der Waals surface area contributed by atoms with E-state index in [1.54, 1.807) is 6.07 Å². The molecule has 0 fully saturated rings. The van der Waals surface area contributed by atoms with E-state index in [9.17, 15) is 35.5 Å². The molecule has 0 aliphatic heterocycles. The summed E-state index contributed by atoms with van der Waals surface area (Å²) in [6, 6.07) is 10.8. The molecule has 14 heteroatoms. The van der Waals surface area contributed by atoms with Gasteiger partial charge in [0.1, 0.15) is 20.2 Å². The van der Waals surface area contributed by atoms with Crippen LogP contribution in [0.5, 0.6) is 0 Å². The Morgan fingerprint density at radius 3 is 1.67 bits per heavy atom. The molecule has 10 nitrogen and oxygen atoms in total. The van der Waals surface area contributed by atoms with E-state index in [0.717, 1.165) is 31.7 Å². The number of carbonyl (C=O) groups excluding carboxylic acids is 2. The van der Waals surface area contributed by atoms with Crippen LogP contribution in [0.3, 0.4) is 0 Å². The van der Waals surface area contributed by atoms with Crippen LogP contribution in [-0.4, -0.2) is 37.5 Å². The number of ketones is 2. The van der Waals surface area contributed by atoms with Gasteiger partial charge in [0.25, 0.3) is 0 Å². The molecule has 0 amide bonds.